The van der Waals surface area contributed by atoms with Gasteiger partial charge in [0.15, 0.2) is 0 Å². The number of hydrogen-bond donors (Lipinski definition) is 2. The molecule has 0 atom stereocenters. The smallest absolute Gasteiger partial charge is 0.134 e. The van der Waals surface area contributed by atoms with Gasteiger partial charge in [0.25, 0.3) is 0 Å². The Morgan fingerprint density at radius 1 is 1.35 bits per heavy atom. The molecule has 0 aliphatic carbocycles. The summed E-state index contributed by atoms with van der Waals surface area (Å²) in [5, 5.41) is 10.8. The van der Waals surface area contributed by atoms with Crippen LogP contribution in [0.4, 0.5) is 4.39 Å². The standard InChI is InChI=1S/C12H11ClFN3/c13-8-2-1-3-9(14)11(8)12-7-6-15-5-4-10(7)16-17-12/h1-3,15H,4-6H2,(H,16,17). The zero-order valence-electron chi connectivity index (χ0n) is 9.06. The number of aromatic nitrogens is 2. The predicted octanol–water partition coefficient (Wildman–Crippen LogP) is 2.51. The Kier molecular flexibility index (Phi) is 2.61. The molecule has 0 unspecified atom stereocenters. The van der Waals surface area contributed by atoms with Crippen LogP contribution in [0.3, 0.4) is 0 Å². The van der Waals surface area contributed by atoms with Crippen LogP contribution in [0.5, 0.6) is 0 Å². The molecule has 2 aromatic rings. The van der Waals surface area contributed by atoms with Gasteiger partial charge in [-0.2, -0.15) is 5.10 Å². The quantitative estimate of drug-likeness (QED) is 0.818. The molecule has 2 N–H and O–H groups in total. The third-order valence-corrected chi connectivity index (χ3v) is 3.32. The van der Waals surface area contributed by atoms with Crippen molar-refractivity contribution in [3.63, 3.8) is 0 Å². The summed E-state index contributed by atoms with van der Waals surface area (Å²) >= 11 is 6.05. The Morgan fingerprint density at radius 2 is 2.24 bits per heavy atom. The van der Waals surface area contributed by atoms with Crippen molar-refractivity contribution in [2.75, 3.05) is 6.54 Å². The fourth-order valence-corrected chi connectivity index (χ4v) is 2.41. The van der Waals surface area contributed by atoms with Crippen molar-refractivity contribution in [1.82, 2.24) is 15.5 Å². The number of nitrogens with one attached hydrogen (secondary N) is 2. The van der Waals surface area contributed by atoms with Crippen LogP contribution in [0.25, 0.3) is 11.3 Å². The molecule has 1 aliphatic heterocycles. The van der Waals surface area contributed by atoms with Crippen LogP contribution in [0.1, 0.15) is 11.3 Å². The van der Waals surface area contributed by atoms with Gasteiger partial charge >= 0.3 is 0 Å². The summed E-state index contributed by atoms with van der Waals surface area (Å²) in [6, 6.07) is 4.67. The van der Waals surface area contributed by atoms with Gasteiger partial charge in [0.05, 0.1) is 10.6 Å². The molecule has 0 radical (unpaired) electrons. The molecular formula is C12H11ClFN3. The molecule has 88 valence electrons. The predicted molar refractivity (Wildman–Crippen MR) is 64.4 cm³/mol. The molecule has 17 heavy (non-hydrogen) atoms. The van der Waals surface area contributed by atoms with Crippen molar-refractivity contribution >= 4 is 11.6 Å². The summed E-state index contributed by atoms with van der Waals surface area (Å²) in [6.45, 7) is 1.62. The van der Waals surface area contributed by atoms with E-state index in [0.29, 0.717) is 22.8 Å². The van der Waals surface area contributed by atoms with Crippen LogP contribution in [-0.2, 0) is 13.0 Å². The van der Waals surface area contributed by atoms with E-state index in [-0.39, 0.29) is 5.82 Å². The molecular weight excluding hydrogens is 241 g/mol. The fourth-order valence-electron chi connectivity index (χ4n) is 2.16. The molecule has 2 heterocycles. The van der Waals surface area contributed by atoms with Gasteiger partial charge in [-0.3, -0.25) is 5.10 Å². The molecule has 1 aromatic heterocycles. The first kappa shape index (κ1) is 10.7. The van der Waals surface area contributed by atoms with Gasteiger partial charge in [-0.1, -0.05) is 17.7 Å². The van der Waals surface area contributed by atoms with Crippen molar-refractivity contribution in [1.29, 1.82) is 0 Å². The minimum absolute atomic E-state index is 0.336. The summed E-state index contributed by atoms with van der Waals surface area (Å²) in [5.74, 6) is -0.336. The molecule has 0 spiro atoms. The summed E-state index contributed by atoms with van der Waals surface area (Å²) in [6.07, 6.45) is 0.883. The van der Waals surface area contributed by atoms with Crippen LogP contribution in [0.15, 0.2) is 18.2 Å². The first-order valence-electron chi connectivity index (χ1n) is 5.48. The lowest BCUT2D eigenvalue weighted by molar-refractivity contribution is 0.627. The lowest BCUT2D eigenvalue weighted by Gasteiger charge is -2.13. The van der Waals surface area contributed by atoms with E-state index >= 15 is 0 Å². The van der Waals surface area contributed by atoms with Gasteiger partial charge in [-0.25, -0.2) is 4.39 Å². The highest BCUT2D eigenvalue weighted by atomic mass is 35.5. The molecule has 0 amide bonds. The number of rotatable bonds is 1. The maximum absolute atomic E-state index is 13.8. The average molecular weight is 252 g/mol. The second-order valence-corrected chi connectivity index (χ2v) is 4.46. The molecule has 0 bridgehead atoms. The Bertz CT molecular complexity index is 545. The van der Waals surface area contributed by atoms with Crippen LogP contribution in [0, 0.1) is 5.82 Å². The molecule has 3 rings (SSSR count). The summed E-state index contributed by atoms with van der Waals surface area (Å²) in [5.41, 5.74) is 3.09. The van der Waals surface area contributed by atoms with Crippen molar-refractivity contribution < 1.29 is 4.39 Å². The van der Waals surface area contributed by atoms with Crippen LogP contribution < -0.4 is 5.32 Å². The first-order valence-corrected chi connectivity index (χ1v) is 5.86. The van der Waals surface area contributed by atoms with E-state index in [1.807, 2.05) is 0 Å². The summed E-state index contributed by atoms with van der Waals surface area (Å²) in [7, 11) is 0. The molecule has 0 saturated heterocycles. The highest BCUT2D eigenvalue weighted by Gasteiger charge is 2.21. The van der Waals surface area contributed by atoms with E-state index in [0.717, 1.165) is 24.2 Å². The summed E-state index contributed by atoms with van der Waals surface area (Å²) < 4.78 is 13.8. The van der Waals surface area contributed by atoms with Crippen molar-refractivity contribution in [2.45, 2.75) is 13.0 Å². The van der Waals surface area contributed by atoms with E-state index in [4.69, 9.17) is 11.6 Å². The highest BCUT2D eigenvalue weighted by molar-refractivity contribution is 6.33. The lowest BCUT2D eigenvalue weighted by atomic mass is 10.0. The number of benzene rings is 1. The summed E-state index contributed by atoms with van der Waals surface area (Å²) in [4.78, 5) is 0. The van der Waals surface area contributed by atoms with Crippen LogP contribution >= 0.6 is 11.6 Å². The van der Waals surface area contributed by atoms with E-state index in [9.17, 15) is 4.39 Å². The Hall–Kier alpha value is -1.39. The van der Waals surface area contributed by atoms with Gasteiger partial charge < -0.3 is 5.32 Å². The third-order valence-electron chi connectivity index (χ3n) is 3.01. The number of aromatic amines is 1. The zero-order valence-corrected chi connectivity index (χ0v) is 9.81. The Morgan fingerprint density at radius 3 is 3.06 bits per heavy atom. The second kappa shape index (κ2) is 4.13. The second-order valence-electron chi connectivity index (χ2n) is 4.05. The van der Waals surface area contributed by atoms with Crippen LogP contribution in [0.2, 0.25) is 5.02 Å². The Balaban J connectivity index is 2.19. The monoisotopic (exact) mass is 251 g/mol. The third kappa shape index (κ3) is 1.73. The van der Waals surface area contributed by atoms with E-state index in [1.165, 1.54) is 6.07 Å². The molecule has 3 nitrogen and oxygen atoms in total. The van der Waals surface area contributed by atoms with Crippen molar-refractivity contribution in [3.05, 3.63) is 40.3 Å². The molecule has 1 aliphatic rings. The van der Waals surface area contributed by atoms with Gasteiger partial charge in [0.1, 0.15) is 11.5 Å². The van der Waals surface area contributed by atoms with Crippen molar-refractivity contribution in [3.8, 4) is 11.3 Å². The molecule has 1 aromatic carbocycles. The maximum atomic E-state index is 13.8. The van der Waals surface area contributed by atoms with Crippen molar-refractivity contribution in [2.24, 2.45) is 0 Å². The number of fused-ring (bicyclic) bond motifs is 1. The van der Waals surface area contributed by atoms with Gasteiger partial charge in [0, 0.05) is 30.8 Å². The number of hydrogen-bond acceptors (Lipinski definition) is 2. The Labute approximate surface area is 103 Å². The average Bonchev–Trinajstić information content (AvgIpc) is 2.73. The van der Waals surface area contributed by atoms with E-state index in [2.05, 4.69) is 15.5 Å². The number of H-pyrrole nitrogens is 1. The number of nitrogens with zero attached hydrogens (tertiary/aromatic N) is 1. The highest BCUT2D eigenvalue weighted by Crippen LogP contribution is 2.33. The van der Waals surface area contributed by atoms with E-state index < -0.39 is 0 Å². The minimum atomic E-state index is -0.336. The molecule has 0 saturated carbocycles. The van der Waals surface area contributed by atoms with E-state index in [1.54, 1.807) is 12.1 Å². The zero-order chi connectivity index (χ0) is 11.8. The topological polar surface area (TPSA) is 40.7 Å². The van der Waals surface area contributed by atoms with Gasteiger partial charge in [-0.05, 0) is 12.1 Å². The van der Waals surface area contributed by atoms with Gasteiger partial charge in [0.2, 0.25) is 0 Å². The first-order chi connectivity index (χ1) is 8.27. The maximum Gasteiger partial charge on any atom is 0.134 e. The minimum Gasteiger partial charge on any atom is -0.312 e. The lowest BCUT2D eigenvalue weighted by Crippen LogP contribution is -2.23. The fraction of sp³-hybridized carbons (Fsp3) is 0.250. The van der Waals surface area contributed by atoms with Crippen LogP contribution in [-0.4, -0.2) is 16.7 Å². The largest absolute Gasteiger partial charge is 0.312 e. The SMILES string of the molecule is Fc1cccc(Cl)c1-c1n[nH]c2c1CNCC2. The normalized spacial score (nSPS) is 14.7. The number of halogens is 2. The van der Waals surface area contributed by atoms with Gasteiger partial charge in [-0.15, -0.1) is 0 Å². The molecule has 0 fully saturated rings. The molecule has 5 heteroatoms.